The Morgan fingerprint density at radius 2 is 1.88 bits per heavy atom. The zero-order chi connectivity index (χ0) is 22.9. The first-order chi connectivity index (χ1) is 16.7. The normalized spacial score (nSPS) is 24.6. The Labute approximate surface area is 193 Å². The molecule has 176 valence electrons. The summed E-state index contributed by atoms with van der Waals surface area (Å²) in [6, 6.07) is 14.0. The number of hydrogen-bond donors (Lipinski definition) is 1. The predicted octanol–water partition coefficient (Wildman–Crippen LogP) is 1.10. The fraction of sp³-hybridized carbons (Fsp3) is 0.364. The largest absolute Gasteiger partial charge is 0.484 e. The molecule has 1 amide bonds. The molecular weight excluding hydrogens is 446 g/mol. The molecule has 4 heterocycles. The van der Waals surface area contributed by atoms with Crippen molar-refractivity contribution >= 4 is 5.91 Å². The molecule has 3 aromatic rings. The van der Waals surface area contributed by atoms with Gasteiger partial charge in [0.25, 0.3) is 5.91 Å². The molecule has 0 spiro atoms. The molecule has 3 aliphatic heterocycles. The fourth-order valence-electron chi connectivity index (χ4n) is 4.23. The van der Waals surface area contributed by atoms with Crippen molar-refractivity contribution in [3.63, 3.8) is 0 Å². The van der Waals surface area contributed by atoms with Gasteiger partial charge in [0.05, 0.1) is 19.3 Å². The maximum absolute atomic E-state index is 12.4. The van der Waals surface area contributed by atoms with Crippen LogP contribution in [-0.2, 0) is 14.3 Å². The molecular formula is C22H21N5O7. The van der Waals surface area contributed by atoms with Crippen molar-refractivity contribution in [2.24, 2.45) is 0 Å². The highest BCUT2D eigenvalue weighted by atomic mass is 16.7. The topological polar surface area (TPSA) is 128 Å². The van der Waals surface area contributed by atoms with Crippen LogP contribution in [0.25, 0.3) is 0 Å². The van der Waals surface area contributed by atoms with Crippen LogP contribution in [0, 0.1) is 0 Å². The van der Waals surface area contributed by atoms with Crippen LogP contribution in [0.2, 0.25) is 0 Å². The lowest BCUT2D eigenvalue weighted by atomic mass is 10.1. The van der Waals surface area contributed by atoms with Gasteiger partial charge in [0.15, 0.2) is 18.1 Å². The number of aromatic nitrogens is 4. The summed E-state index contributed by atoms with van der Waals surface area (Å²) in [6.07, 6.45) is -0.684. The van der Waals surface area contributed by atoms with Crippen molar-refractivity contribution in [1.82, 2.24) is 25.5 Å². The van der Waals surface area contributed by atoms with Gasteiger partial charge in [-0.25, -0.2) is 0 Å². The Bertz CT molecular complexity index is 1170. The smallest absolute Gasteiger partial charge is 0.341 e. The van der Waals surface area contributed by atoms with Gasteiger partial charge in [-0.1, -0.05) is 23.3 Å². The summed E-state index contributed by atoms with van der Waals surface area (Å²) in [7, 11) is 0. The standard InChI is InChI=1S/C22H21N5O7/c28-19(11-29-13-4-2-1-3-5-13)23-15-9-30-21-16(10-31-20(15)21)27-22(24-25-26-27)34-14-6-7-17-18(8-14)33-12-32-17/h1-8,15-16,20-21H,9-12H2,(H,23,28)/t15-,16-,20+,21+/m0/s1. The molecule has 0 aliphatic carbocycles. The number of nitrogens with zero attached hydrogens (tertiary/aromatic N) is 4. The zero-order valence-electron chi connectivity index (χ0n) is 17.9. The molecule has 6 rings (SSSR count). The Morgan fingerprint density at radius 3 is 2.79 bits per heavy atom. The van der Waals surface area contributed by atoms with Crippen LogP contribution in [0.15, 0.2) is 48.5 Å². The van der Waals surface area contributed by atoms with E-state index in [1.54, 1.807) is 30.3 Å². The number of para-hydroxylation sites is 1. The highest BCUT2D eigenvalue weighted by molar-refractivity contribution is 5.78. The van der Waals surface area contributed by atoms with Crippen molar-refractivity contribution in [3.8, 4) is 29.0 Å². The molecule has 2 fully saturated rings. The molecule has 2 saturated heterocycles. The van der Waals surface area contributed by atoms with Crippen molar-refractivity contribution in [1.29, 1.82) is 0 Å². The Morgan fingerprint density at radius 1 is 1.03 bits per heavy atom. The minimum atomic E-state index is -0.344. The molecule has 12 heteroatoms. The summed E-state index contributed by atoms with van der Waals surface area (Å²) < 4.78 is 35.6. The summed E-state index contributed by atoms with van der Waals surface area (Å²) in [4.78, 5) is 12.4. The highest BCUT2D eigenvalue weighted by Crippen LogP contribution is 2.38. The van der Waals surface area contributed by atoms with E-state index in [0.717, 1.165) is 0 Å². The third-order valence-corrected chi connectivity index (χ3v) is 5.82. The quantitative estimate of drug-likeness (QED) is 0.539. The average molecular weight is 467 g/mol. The molecule has 3 aliphatic rings. The summed E-state index contributed by atoms with van der Waals surface area (Å²) in [5.41, 5.74) is 0. The number of rotatable bonds is 7. The number of amides is 1. The number of hydrogen-bond acceptors (Lipinski definition) is 10. The Balaban J connectivity index is 1.09. The number of ether oxygens (including phenoxy) is 6. The van der Waals surface area contributed by atoms with Gasteiger partial charge in [0.1, 0.15) is 29.7 Å². The van der Waals surface area contributed by atoms with E-state index in [1.807, 2.05) is 18.2 Å². The minimum Gasteiger partial charge on any atom is -0.484 e. The average Bonchev–Trinajstić information content (AvgIpc) is 3.64. The third kappa shape index (κ3) is 3.97. The molecule has 1 aromatic heterocycles. The van der Waals surface area contributed by atoms with Gasteiger partial charge < -0.3 is 33.7 Å². The summed E-state index contributed by atoms with van der Waals surface area (Å²) in [5.74, 6) is 2.13. The first-order valence-electron chi connectivity index (χ1n) is 10.8. The van der Waals surface area contributed by atoms with E-state index in [0.29, 0.717) is 36.2 Å². The van der Waals surface area contributed by atoms with Gasteiger partial charge in [0, 0.05) is 6.07 Å². The van der Waals surface area contributed by atoms with Crippen LogP contribution in [0.3, 0.4) is 0 Å². The summed E-state index contributed by atoms with van der Waals surface area (Å²) in [5, 5.41) is 14.8. The third-order valence-electron chi connectivity index (χ3n) is 5.82. The summed E-state index contributed by atoms with van der Waals surface area (Å²) >= 11 is 0. The van der Waals surface area contributed by atoms with Crippen LogP contribution >= 0.6 is 0 Å². The Kier molecular flexibility index (Phi) is 5.35. The maximum Gasteiger partial charge on any atom is 0.341 e. The van der Waals surface area contributed by atoms with E-state index < -0.39 is 0 Å². The van der Waals surface area contributed by atoms with Crippen LogP contribution in [-0.4, -0.2) is 71.0 Å². The van der Waals surface area contributed by atoms with E-state index in [4.69, 9.17) is 28.4 Å². The van der Waals surface area contributed by atoms with E-state index in [9.17, 15) is 4.79 Å². The molecule has 34 heavy (non-hydrogen) atoms. The second-order valence-corrected chi connectivity index (χ2v) is 7.96. The highest BCUT2D eigenvalue weighted by Gasteiger charge is 2.50. The summed E-state index contributed by atoms with van der Waals surface area (Å²) in [6.45, 7) is 0.697. The number of fused-ring (bicyclic) bond motifs is 2. The van der Waals surface area contributed by atoms with Crippen molar-refractivity contribution in [3.05, 3.63) is 48.5 Å². The monoisotopic (exact) mass is 467 g/mol. The van der Waals surface area contributed by atoms with Gasteiger partial charge in [-0.15, -0.1) is 0 Å². The maximum atomic E-state index is 12.4. The molecule has 12 nitrogen and oxygen atoms in total. The van der Waals surface area contributed by atoms with E-state index in [1.165, 1.54) is 4.68 Å². The molecule has 0 saturated carbocycles. The van der Waals surface area contributed by atoms with Crippen molar-refractivity contribution in [2.75, 3.05) is 26.6 Å². The number of carbonyl (C=O) groups is 1. The molecule has 4 atom stereocenters. The first-order valence-corrected chi connectivity index (χ1v) is 10.8. The number of benzene rings is 2. The Hall–Kier alpha value is -3.90. The second kappa shape index (κ2) is 8.80. The molecule has 0 radical (unpaired) electrons. The lowest BCUT2D eigenvalue weighted by molar-refractivity contribution is -0.124. The van der Waals surface area contributed by atoms with Crippen LogP contribution in [0.5, 0.6) is 29.0 Å². The number of nitrogens with one attached hydrogen (secondary N) is 1. The van der Waals surface area contributed by atoms with Crippen LogP contribution in [0.4, 0.5) is 0 Å². The van der Waals surface area contributed by atoms with Gasteiger partial charge in [-0.3, -0.25) is 4.79 Å². The molecule has 0 unspecified atom stereocenters. The van der Waals surface area contributed by atoms with Gasteiger partial charge in [0.2, 0.25) is 6.79 Å². The number of carbonyl (C=O) groups excluding carboxylic acids is 1. The molecule has 1 N–H and O–H groups in total. The molecule has 2 aromatic carbocycles. The fourth-order valence-corrected chi connectivity index (χ4v) is 4.23. The molecule has 0 bridgehead atoms. The van der Waals surface area contributed by atoms with E-state index >= 15 is 0 Å². The van der Waals surface area contributed by atoms with E-state index in [-0.39, 0.29) is 49.6 Å². The lowest BCUT2D eigenvalue weighted by Gasteiger charge is -2.18. The predicted molar refractivity (Wildman–Crippen MR) is 113 cm³/mol. The van der Waals surface area contributed by atoms with Crippen molar-refractivity contribution < 1.29 is 33.2 Å². The van der Waals surface area contributed by atoms with Gasteiger partial charge >= 0.3 is 6.01 Å². The van der Waals surface area contributed by atoms with Crippen molar-refractivity contribution in [2.45, 2.75) is 24.3 Å². The van der Waals surface area contributed by atoms with Gasteiger partial charge in [-0.2, -0.15) is 4.68 Å². The second-order valence-electron chi connectivity index (χ2n) is 7.96. The lowest BCUT2D eigenvalue weighted by Crippen LogP contribution is -2.45. The number of tetrazole rings is 1. The zero-order valence-corrected chi connectivity index (χ0v) is 17.9. The van der Waals surface area contributed by atoms with Gasteiger partial charge in [-0.05, 0) is 34.7 Å². The first kappa shape index (κ1) is 20.7. The van der Waals surface area contributed by atoms with E-state index in [2.05, 4.69) is 20.8 Å². The van der Waals surface area contributed by atoms with Crippen LogP contribution < -0.4 is 24.3 Å². The van der Waals surface area contributed by atoms with Crippen LogP contribution in [0.1, 0.15) is 6.04 Å². The SMILES string of the molecule is O=C(COc1ccccc1)N[C@H]1CO[C@H]2[C@@H]1OC[C@@H]2n1nnnc1Oc1ccc2c(c1)OCO2. The minimum absolute atomic E-state index is 0.0954.